The first kappa shape index (κ1) is 8.52. The van der Waals surface area contributed by atoms with E-state index >= 15 is 0 Å². The van der Waals surface area contributed by atoms with Crippen LogP contribution in [-0.4, -0.2) is 23.7 Å². The molecule has 0 radical (unpaired) electrons. The van der Waals surface area contributed by atoms with Gasteiger partial charge in [-0.15, -0.1) is 0 Å². The van der Waals surface area contributed by atoms with Crippen LogP contribution in [0.5, 0.6) is 0 Å². The van der Waals surface area contributed by atoms with Gasteiger partial charge in [-0.3, -0.25) is 4.79 Å². The smallest absolute Gasteiger partial charge is 0.182 e. The first-order valence-electron chi connectivity index (χ1n) is 3.40. The fraction of sp³-hybridized carbons (Fsp3) is 0.250. The Balaban J connectivity index is 3.04. The van der Waals surface area contributed by atoms with E-state index in [4.69, 9.17) is 0 Å². The number of aliphatic hydroxyl groups excluding tert-OH is 1. The zero-order valence-corrected chi connectivity index (χ0v) is 6.87. The molecule has 4 nitrogen and oxygen atoms in total. The van der Waals surface area contributed by atoms with E-state index in [0.717, 1.165) is 6.08 Å². The molecular weight excluding hydrogens is 158 g/mol. The number of hydrogen-bond acceptors (Lipinski definition) is 4. The summed E-state index contributed by atoms with van der Waals surface area (Å²) >= 11 is 0. The van der Waals surface area contributed by atoms with Crippen molar-refractivity contribution < 1.29 is 14.7 Å². The van der Waals surface area contributed by atoms with Gasteiger partial charge < -0.3 is 9.94 Å². The van der Waals surface area contributed by atoms with Crippen LogP contribution in [0.3, 0.4) is 0 Å². The summed E-state index contributed by atoms with van der Waals surface area (Å²) in [4.78, 5) is 15.3. The molecule has 1 rings (SSSR count). The third-order valence-electron chi connectivity index (χ3n) is 1.44. The molecule has 0 aromatic carbocycles. The number of ketones is 1. The topological polar surface area (TPSA) is 58.9 Å². The number of allylic oxidation sites excluding steroid dienone is 3. The summed E-state index contributed by atoms with van der Waals surface area (Å²) in [7, 11) is 1.38. The van der Waals surface area contributed by atoms with Crippen molar-refractivity contribution in [2.45, 2.75) is 6.92 Å². The van der Waals surface area contributed by atoms with Gasteiger partial charge in [0.05, 0.1) is 0 Å². The van der Waals surface area contributed by atoms with Gasteiger partial charge in [0, 0.05) is 6.08 Å². The fourth-order valence-corrected chi connectivity index (χ4v) is 0.939. The SMILES string of the molecule is CO/N=C1\C(C)=CC(=O)C=C1O. The van der Waals surface area contributed by atoms with Gasteiger partial charge in [0.25, 0.3) is 0 Å². The van der Waals surface area contributed by atoms with Crippen LogP contribution in [0.15, 0.2) is 28.6 Å². The van der Waals surface area contributed by atoms with E-state index in [9.17, 15) is 9.90 Å². The molecule has 0 atom stereocenters. The molecule has 0 aromatic heterocycles. The molecule has 0 spiro atoms. The number of rotatable bonds is 1. The van der Waals surface area contributed by atoms with Crippen LogP contribution in [0.4, 0.5) is 0 Å². The van der Waals surface area contributed by atoms with E-state index in [-0.39, 0.29) is 11.5 Å². The van der Waals surface area contributed by atoms with Crippen molar-refractivity contribution in [1.29, 1.82) is 0 Å². The van der Waals surface area contributed by atoms with E-state index in [1.165, 1.54) is 13.2 Å². The fourth-order valence-electron chi connectivity index (χ4n) is 0.939. The summed E-state index contributed by atoms with van der Waals surface area (Å²) in [5.74, 6) is -0.387. The highest BCUT2D eigenvalue weighted by molar-refractivity contribution is 6.20. The molecule has 12 heavy (non-hydrogen) atoms. The average Bonchev–Trinajstić information content (AvgIpc) is 1.96. The first-order chi connectivity index (χ1) is 5.65. The maximum absolute atomic E-state index is 10.8. The highest BCUT2D eigenvalue weighted by Gasteiger charge is 2.16. The second-order valence-corrected chi connectivity index (χ2v) is 2.38. The standard InChI is InChI=1S/C8H9NO3/c1-5-3-6(10)4-7(11)8(5)9-12-2/h3-4,11H,1-2H3/b9-8+. The summed E-state index contributed by atoms with van der Waals surface area (Å²) < 4.78 is 0. The second-order valence-electron chi connectivity index (χ2n) is 2.38. The number of aliphatic hydroxyl groups is 1. The van der Waals surface area contributed by atoms with Crippen LogP contribution in [0.25, 0.3) is 0 Å². The number of oxime groups is 1. The van der Waals surface area contributed by atoms with E-state index in [1.807, 2.05) is 0 Å². The van der Waals surface area contributed by atoms with Gasteiger partial charge in [0.1, 0.15) is 18.6 Å². The number of carbonyl (C=O) groups excluding carboxylic acids is 1. The Morgan fingerprint density at radius 1 is 1.50 bits per heavy atom. The zero-order chi connectivity index (χ0) is 9.14. The molecular formula is C8H9NO3. The Morgan fingerprint density at radius 3 is 2.67 bits per heavy atom. The van der Waals surface area contributed by atoms with Crippen molar-refractivity contribution in [1.82, 2.24) is 0 Å². The van der Waals surface area contributed by atoms with Gasteiger partial charge in [-0.05, 0) is 18.6 Å². The minimum Gasteiger partial charge on any atom is -0.505 e. The van der Waals surface area contributed by atoms with Crippen LogP contribution in [-0.2, 0) is 9.63 Å². The van der Waals surface area contributed by atoms with Crippen LogP contribution >= 0.6 is 0 Å². The summed E-state index contributed by atoms with van der Waals surface area (Å²) in [5, 5.41) is 12.8. The van der Waals surface area contributed by atoms with Gasteiger partial charge in [-0.1, -0.05) is 5.16 Å². The van der Waals surface area contributed by atoms with Crippen molar-refractivity contribution >= 4 is 11.5 Å². The molecule has 0 aromatic rings. The van der Waals surface area contributed by atoms with E-state index in [2.05, 4.69) is 9.99 Å². The summed E-state index contributed by atoms with van der Waals surface area (Å²) in [6.45, 7) is 1.68. The van der Waals surface area contributed by atoms with Gasteiger partial charge in [-0.25, -0.2) is 0 Å². The molecule has 1 N–H and O–H groups in total. The molecule has 0 fully saturated rings. The zero-order valence-electron chi connectivity index (χ0n) is 6.87. The maximum Gasteiger partial charge on any atom is 0.182 e. The third-order valence-corrected chi connectivity index (χ3v) is 1.44. The summed E-state index contributed by atoms with van der Waals surface area (Å²) in [6, 6.07) is 0. The second kappa shape index (κ2) is 3.21. The van der Waals surface area contributed by atoms with Crippen molar-refractivity contribution in [2.75, 3.05) is 7.11 Å². The Hall–Kier alpha value is -1.58. The Bertz CT molecular complexity index is 275. The molecule has 0 aliphatic heterocycles. The summed E-state index contributed by atoms with van der Waals surface area (Å²) in [6.07, 6.45) is 2.49. The van der Waals surface area contributed by atoms with Gasteiger partial charge in [0.15, 0.2) is 5.78 Å². The Kier molecular flexibility index (Phi) is 2.28. The average molecular weight is 167 g/mol. The number of hydrogen-bond donors (Lipinski definition) is 1. The van der Waals surface area contributed by atoms with Crippen molar-refractivity contribution in [2.24, 2.45) is 5.16 Å². The minimum absolute atomic E-state index is 0.151. The molecule has 0 unspecified atom stereocenters. The van der Waals surface area contributed by atoms with Gasteiger partial charge >= 0.3 is 0 Å². The quantitative estimate of drug-likeness (QED) is 0.467. The van der Waals surface area contributed by atoms with Crippen molar-refractivity contribution in [3.63, 3.8) is 0 Å². The minimum atomic E-state index is -0.236. The monoisotopic (exact) mass is 167 g/mol. The molecule has 64 valence electrons. The molecule has 0 heterocycles. The van der Waals surface area contributed by atoms with Crippen molar-refractivity contribution in [3.05, 3.63) is 23.5 Å². The lowest BCUT2D eigenvalue weighted by molar-refractivity contribution is -0.110. The van der Waals surface area contributed by atoms with Crippen LogP contribution < -0.4 is 0 Å². The van der Waals surface area contributed by atoms with Crippen LogP contribution in [0.1, 0.15) is 6.92 Å². The molecule has 1 aliphatic rings. The highest BCUT2D eigenvalue weighted by Crippen LogP contribution is 2.11. The Morgan fingerprint density at radius 2 is 2.17 bits per heavy atom. The molecule has 0 amide bonds. The largest absolute Gasteiger partial charge is 0.505 e. The highest BCUT2D eigenvalue weighted by atomic mass is 16.6. The Labute approximate surface area is 69.8 Å². The van der Waals surface area contributed by atoms with E-state index < -0.39 is 0 Å². The number of nitrogens with zero attached hydrogens (tertiary/aromatic N) is 1. The molecule has 1 aliphatic carbocycles. The van der Waals surface area contributed by atoms with E-state index in [0.29, 0.717) is 11.3 Å². The van der Waals surface area contributed by atoms with Gasteiger partial charge in [0.2, 0.25) is 0 Å². The lowest BCUT2D eigenvalue weighted by Gasteiger charge is -2.07. The molecule has 0 bridgehead atoms. The number of carbonyl (C=O) groups is 1. The third kappa shape index (κ3) is 1.53. The molecule has 0 saturated carbocycles. The first-order valence-corrected chi connectivity index (χ1v) is 3.40. The van der Waals surface area contributed by atoms with Crippen molar-refractivity contribution in [3.8, 4) is 0 Å². The lowest BCUT2D eigenvalue weighted by atomic mass is 10.0. The molecule has 4 heteroatoms. The maximum atomic E-state index is 10.8. The predicted octanol–water partition coefficient (Wildman–Crippen LogP) is 0.960. The van der Waals surface area contributed by atoms with Gasteiger partial charge in [-0.2, -0.15) is 0 Å². The van der Waals surface area contributed by atoms with Crippen LogP contribution in [0, 0.1) is 0 Å². The van der Waals surface area contributed by atoms with E-state index in [1.54, 1.807) is 6.92 Å². The predicted molar refractivity (Wildman–Crippen MR) is 43.9 cm³/mol. The normalized spacial score (nSPS) is 20.5. The molecule has 0 saturated heterocycles. The lowest BCUT2D eigenvalue weighted by Crippen LogP contribution is -2.12. The summed E-state index contributed by atoms with van der Waals surface area (Å²) in [5.41, 5.74) is 0.902. The van der Waals surface area contributed by atoms with Crippen LogP contribution in [0.2, 0.25) is 0 Å².